The molecule has 4 rings (SSSR count). The number of nitrogens with one attached hydrogen (secondary N) is 2. The van der Waals surface area contributed by atoms with Crippen molar-refractivity contribution in [3.63, 3.8) is 0 Å². The lowest BCUT2D eigenvalue weighted by Crippen LogP contribution is -3.14. The van der Waals surface area contributed by atoms with Crippen molar-refractivity contribution in [1.82, 2.24) is 19.8 Å². The van der Waals surface area contributed by atoms with Gasteiger partial charge in [-0.3, -0.25) is 9.36 Å². The minimum Gasteiger partial charge on any atom is -0.370 e. The Balaban J connectivity index is 1.48. The molecular weight excluding hydrogens is 390 g/mol. The van der Waals surface area contributed by atoms with Gasteiger partial charge < -0.3 is 19.9 Å². The van der Waals surface area contributed by atoms with Gasteiger partial charge in [0.1, 0.15) is 17.9 Å². The van der Waals surface area contributed by atoms with Crippen LogP contribution in [0.25, 0.3) is 10.2 Å². The van der Waals surface area contributed by atoms with Gasteiger partial charge in [0.25, 0.3) is 5.56 Å². The summed E-state index contributed by atoms with van der Waals surface area (Å²) in [4.78, 5) is 35.3. The molecule has 0 unspecified atom stereocenters. The molecule has 0 atom stereocenters. The number of fused-ring (bicyclic) bond motifs is 3. The number of hydrogen-bond donors (Lipinski definition) is 2. The number of ether oxygens (including phenoxy) is 1. The van der Waals surface area contributed by atoms with Crippen LogP contribution >= 0.6 is 11.3 Å². The Kier molecular flexibility index (Phi) is 6.46. The maximum absolute atomic E-state index is 13.1. The summed E-state index contributed by atoms with van der Waals surface area (Å²) in [5.74, 6) is 0. The van der Waals surface area contributed by atoms with Gasteiger partial charge in [-0.15, -0.1) is 11.3 Å². The number of hydrogen-bond acceptors (Lipinski definition) is 5. The summed E-state index contributed by atoms with van der Waals surface area (Å²) in [7, 11) is 0. The van der Waals surface area contributed by atoms with E-state index in [1.807, 2.05) is 4.90 Å². The number of carbonyl (C=O) groups is 1. The molecule has 2 aromatic rings. The zero-order chi connectivity index (χ0) is 20.2. The molecule has 29 heavy (non-hydrogen) atoms. The molecule has 1 fully saturated rings. The van der Waals surface area contributed by atoms with Crippen molar-refractivity contribution in [3.8, 4) is 0 Å². The van der Waals surface area contributed by atoms with Crippen molar-refractivity contribution in [2.75, 3.05) is 45.9 Å². The van der Waals surface area contributed by atoms with E-state index in [-0.39, 0.29) is 11.6 Å². The van der Waals surface area contributed by atoms with Crippen LogP contribution in [0, 0.1) is 0 Å². The fourth-order valence-electron chi connectivity index (χ4n) is 4.02. The molecular formula is C20H30N5O3S+. The molecule has 9 heteroatoms. The van der Waals surface area contributed by atoms with Gasteiger partial charge in [0, 0.05) is 18.0 Å². The summed E-state index contributed by atoms with van der Waals surface area (Å²) in [6.07, 6.45) is 4.45. The number of morpholine rings is 1. The predicted octanol–water partition coefficient (Wildman–Crippen LogP) is 0.241. The first kappa shape index (κ1) is 20.3. The highest BCUT2D eigenvalue weighted by atomic mass is 32.1. The smallest absolute Gasteiger partial charge is 0.317 e. The van der Waals surface area contributed by atoms with Crippen molar-refractivity contribution in [2.45, 2.75) is 39.3 Å². The van der Waals surface area contributed by atoms with Gasteiger partial charge in [0.15, 0.2) is 0 Å². The number of thiophene rings is 1. The molecule has 0 saturated carbocycles. The van der Waals surface area contributed by atoms with Crippen LogP contribution in [0.1, 0.15) is 30.2 Å². The largest absolute Gasteiger partial charge is 0.370 e. The summed E-state index contributed by atoms with van der Waals surface area (Å²) < 4.78 is 7.16. The third-order valence-corrected chi connectivity index (χ3v) is 6.95. The molecule has 0 aromatic carbocycles. The Morgan fingerprint density at radius 2 is 2.21 bits per heavy atom. The Morgan fingerprint density at radius 3 is 3.00 bits per heavy atom. The summed E-state index contributed by atoms with van der Waals surface area (Å²) in [6, 6.07) is -0.0135. The van der Waals surface area contributed by atoms with E-state index in [2.05, 4.69) is 17.2 Å². The molecule has 2 aliphatic heterocycles. The number of carbonyl (C=O) groups excluding carboxylic acids is 1. The van der Waals surface area contributed by atoms with Crippen molar-refractivity contribution < 1.29 is 14.4 Å². The van der Waals surface area contributed by atoms with Crippen LogP contribution < -0.4 is 15.8 Å². The summed E-state index contributed by atoms with van der Waals surface area (Å²) in [6.45, 7) is 9.19. The normalized spacial score (nSPS) is 17.5. The fraction of sp³-hybridized carbons (Fsp3) is 0.650. The standard InChI is InChI=1S/C20H29N5O3S/c1-2-3-5-21-20(27)24-6-4-15-16(13-24)29-18-17(15)19(26)25(14-22-18)8-7-23-9-11-28-12-10-23/h14H,2-13H2,1H3,(H,21,27)/p+1. The Morgan fingerprint density at radius 1 is 1.38 bits per heavy atom. The average molecular weight is 421 g/mol. The first-order valence-corrected chi connectivity index (χ1v) is 11.4. The molecule has 2 amide bonds. The molecule has 1 saturated heterocycles. The van der Waals surface area contributed by atoms with E-state index in [0.29, 0.717) is 32.6 Å². The fourth-order valence-corrected chi connectivity index (χ4v) is 5.22. The van der Waals surface area contributed by atoms with Crippen LogP contribution in [0.2, 0.25) is 0 Å². The van der Waals surface area contributed by atoms with E-state index in [9.17, 15) is 9.59 Å². The second-order valence-corrected chi connectivity index (χ2v) is 8.88. The maximum atomic E-state index is 13.1. The summed E-state index contributed by atoms with van der Waals surface area (Å²) in [5.41, 5.74) is 1.15. The average Bonchev–Trinajstić information content (AvgIpc) is 3.12. The molecule has 2 aromatic heterocycles. The number of quaternary nitrogens is 1. The number of nitrogens with zero attached hydrogens (tertiary/aromatic N) is 3. The van der Waals surface area contributed by atoms with E-state index in [0.717, 1.165) is 66.3 Å². The third kappa shape index (κ3) is 4.46. The van der Waals surface area contributed by atoms with E-state index < -0.39 is 0 Å². The lowest BCUT2D eigenvalue weighted by molar-refractivity contribution is -0.908. The topological polar surface area (TPSA) is 80.9 Å². The van der Waals surface area contributed by atoms with Gasteiger partial charge in [-0.05, 0) is 18.4 Å². The van der Waals surface area contributed by atoms with E-state index >= 15 is 0 Å². The van der Waals surface area contributed by atoms with Crippen molar-refractivity contribution in [3.05, 3.63) is 27.1 Å². The van der Waals surface area contributed by atoms with Gasteiger partial charge >= 0.3 is 6.03 Å². The first-order valence-electron chi connectivity index (χ1n) is 10.6. The number of urea groups is 1. The molecule has 0 radical (unpaired) electrons. The van der Waals surface area contributed by atoms with E-state index in [1.54, 1.807) is 22.2 Å². The minimum absolute atomic E-state index is 0.0135. The van der Waals surface area contributed by atoms with Crippen LogP contribution in [0.5, 0.6) is 0 Å². The van der Waals surface area contributed by atoms with Gasteiger partial charge in [0.2, 0.25) is 0 Å². The number of amides is 2. The van der Waals surface area contributed by atoms with E-state index in [1.165, 1.54) is 4.90 Å². The van der Waals surface area contributed by atoms with Crippen LogP contribution in [-0.2, 0) is 24.2 Å². The zero-order valence-electron chi connectivity index (χ0n) is 17.0. The maximum Gasteiger partial charge on any atom is 0.317 e. The van der Waals surface area contributed by atoms with Crippen molar-refractivity contribution >= 4 is 27.6 Å². The van der Waals surface area contributed by atoms with Crippen LogP contribution in [-0.4, -0.2) is 66.4 Å². The van der Waals surface area contributed by atoms with Crippen LogP contribution in [0.15, 0.2) is 11.1 Å². The van der Waals surface area contributed by atoms with Gasteiger partial charge in [-0.1, -0.05) is 13.3 Å². The Labute approximate surface area is 174 Å². The molecule has 158 valence electrons. The highest BCUT2D eigenvalue weighted by Gasteiger charge is 2.26. The lowest BCUT2D eigenvalue weighted by Gasteiger charge is -2.27. The highest BCUT2D eigenvalue weighted by molar-refractivity contribution is 7.18. The van der Waals surface area contributed by atoms with Gasteiger partial charge in [-0.25, -0.2) is 9.78 Å². The summed E-state index contributed by atoms with van der Waals surface area (Å²) >= 11 is 1.55. The molecule has 2 N–H and O–H groups in total. The monoisotopic (exact) mass is 420 g/mol. The Hall–Kier alpha value is -1.97. The third-order valence-electron chi connectivity index (χ3n) is 5.83. The lowest BCUT2D eigenvalue weighted by atomic mass is 10.1. The van der Waals surface area contributed by atoms with Crippen LogP contribution in [0.3, 0.4) is 0 Å². The minimum atomic E-state index is -0.0135. The number of rotatable bonds is 6. The zero-order valence-corrected chi connectivity index (χ0v) is 17.9. The molecule has 8 nitrogen and oxygen atoms in total. The number of aromatic nitrogens is 2. The van der Waals surface area contributed by atoms with Crippen molar-refractivity contribution in [2.24, 2.45) is 0 Å². The molecule has 4 heterocycles. The van der Waals surface area contributed by atoms with Gasteiger partial charge in [0.05, 0.1) is 44.6 Å². The second-order valence-electron chi connectivity index (χ2n) is 7.80. The molecule has 2 aliphatic rings. The van der Waals surface area contributed by atoms with Crippen molar-refractivity contribution in [1.29, 1.82) is 0 Å². The quantitative estimate of drug-likeness (QED) is 0.656. The number of unbranched alkanes of at least 4 members (excludes halogenated alkanes) is 1. The Bertz CT molecular complexity index is 919. The second kappa shape index (κ2) is 9.23. The molecule has 0 bridgehead atoms. The SMILES string of the molecule is CCCCNC(=O)N1CCc2c(sc3ncn(CC[NH+]4CCOCC4)c(=O)c23)C1. The highest BCUT2D eigenvalue weighted by Crippen LogP contribution is 2.32. The summed E-state index contributed by atoms with van der Waals surface area (Å²) in [5, 5.41) is 3.74. The van der Waals surface area contributed by atoms with Crippen LogP contribution in [0.4, 0.5) is 4.79 Å². The first-order chi connectivity index (χ1) is 14.2. The molecule has 0 aliphatic carbocycles. The molecule has 0 spiro atoms. The predicted molar refractivity (Wildman–Crippen MR) is 113 cm³/mol. The van der Waals surface area contributed by atoms with E-state index in [4.69, 9.17) is 4.74 Å². The van der Waals surface area contributed by atoms with Gasteiger partial charge in [-0.2, -0.15) is 0 Å².